The van der Waals surface area contributed by atoms with Crippen molar-refractivity contribution < 1.29 is 9.18 Å². The molecule has 1 aliphatic rings. The van der Waals surface area contributed by atoms with Gasteiger partial charge >= 0.3 is 0 Å². The van der Waals surface area contributed by atoms with Gasteiger partial charge in [-0.1, -0.05) is 18.7 Å². The second kappa shape index (κ2) is 7.88. The van der Waals surface area contributed by atoms with Gasteiger partial charge in [0.15, 0.2) is 0 Å². The summed E-state index contributed by atoms with van der Waals surface area (Å²) in [6.07, 6.45) is 3.55. The molecule has 0 radical (unpaired) electrons. The number of nitrogens with one attached hydrogen (secondary N) is 1. The zero-order chi connectivity index (χ0) is 18.7. The van der Waals surface area contributed by atoms with Crippen molar-refractivity contribution >= 4 is 23.4 Å². The van der Waals surface area contributed by atoms with Gasteiger partial charge in [-0.15, -0.1) is 0 Å². The topological polar surface area (TPSA) is 65.8 Å². The number of fused-ring (bicyclic) bond motifs is 1. The molecule has 1 aromatic heterocycles. The number of nitrogens with zero attached hydrogens (tertiary/aromatic N) is 2. The molecule has 0 saturated heterocycles. The third-order valence-electron chi connectivity index (χ3n) is 4.61. The van der Waals surface area contributed by atoms with Gasteiger partial charge in [0.25, 0.3) is 0 Å². The van der Waals surface area contributed by atoms with Crippen LogP contribution in [0.15, 0.2) is 29.3 Å². The highest BCUT2D eigenvalue weighted by Crippen LogP contribution is 2.34. The number of aryl methyl sites for hydroxylation is 1. The van der Waals surface area contributed by atoms with Crippen molar-refractivity contribution in [1.29, 1.82) is 5.26 Å². The van der Waals surface area contributed by atoms with E-state index in [-0.39, 0.29) is 17.0 Å². The van der Waals surface area contributed by atoms with Gasteiger partial charge in [0, 0.05) is 11.4 Å². The van der Waals surface area contributed by atoms with E-state index in [2.05, 4.69) is 16.4 Å². The number of carbonyl (C=O) groups excluding carboxylic acids is 1. The Morgan fingerprint density at radius 2 is 2.12 bits per heavy atom. The maximum Gasteiger partial charge on any atom is 0.237 e. The van der Waals surface area contributed by atoms with Gasteiger partial charge in [-0.2, -0.15) is 5.26 Å². The van der Waals surface area contributed by atoms with Crippen LogP contribution in [0.3, 0.4) is 0 Å². The molecule has 4 nitrogen and oxygen atoms in total. The highest BCUT2D eigenvalue weighted by Gasteiger charge is 2.25. The first-order valence-electron chi connectivity index (χ1n) is 8.69. The Balaban J connectivity index is 1.82. The van der Waals surface area contributed by atoms with E-state index in [0.717, 1.165) is 30.5 Å². The zero-order valence-corrected chi connectivity index (χ0v) is 15.6. The van der Waals surface area contributed by atoms with Crippen LogP contribution in [0.2, 0.25) is 0 Å². The molecule has 1 heterocycles. The van der Waals surface area contributed by atoms with E-state index in [9.17, 15) is 14.4 Å². The van der Waals surface area contributed by atoms with Crippen LogP contribution in [0.25, 0.3) is 0 Å². The molecule has 3 rings (SSSR count). The van der Waals surface area contributed by atoms with E-state index >= 15 is 0 Å². The summed E-state index contributed by atoms with van der Waals surface area (Å²) in [6.45, 7) is 3.89. The van der Waals surface area contributed by atoms with Crippen molar-refractivity contribution in [3.8, 4) is 6.07 Å². The fourth-order valence-corrected chi connectivity index (χ4v) is 4.26. The molecule has 134 valence electrons. The molecule has 26 heavy (non-hydrogen) atoms. The highest BCUT2D eigenvalue weighted by atomic mass is 32.2. The van der Waals surface area contributed by atoms with Crippen molar-refractivity contribution in [3.63, 3.8) is 0 Å². The molecule has 0 bridgehead atoms. The van der Waals surface area contributed by atoms with Crippen molar-refractivity contribution in [3.05, 3.63) is 52.5 Å². The number of pyridine rings is 1. The summed E-state index contributed by atoms with van der Waals surface area (Å²) in [5.74, 6) is -0.520. The maximum absolute atomic E-state index is 13.0. The number of nitriles is 1. The summed E-state index contributed by atoms with van der Waals surface area (Å²) in [6, 6.07) is 7.94. The molecular formula is C20H20FN3OS. The Hall–Kier alpha value is -2.39. The second-order valence-electron chi connectivity index (χ2n) is 6.32. The van der Waals surface area contributed by atoms with E-state index in [1.807, 2.05) is 13.8 Å². The average Bonchev–Trinajstić information content (AvgIpc) is 3.10. The van der Waals surface area contributed by atoms with Gasteiger partial charge in [-0.05, 0) is 68.0 Å². The first-order valence-corrected chi connectivity index (χ1v) is 9.57. The minimum Gasteiger partial charge on any atom is -0.325 e. The van der Waals surface area contributed by atoms with Crippen LogP contribution in [0.1, 0.15) is 42.1 Å². The largest absolute Gasteiger partial charge is 0.325 e. The standard InChI is InChI=1S/C20H20FN3OS/c1-3-18(19(25)23-14-9-7-13(21)8-10-14)26-20-16(11-22)12(2)15-5-4-6-17(15)24-20/h7-10,18H,3-6H2,1-2H3,(H,23,25). The van der Waals surface area contributed by atoms with E-state index in [0.29, 0.717) is 22.7 Å². The molecule has 1 amide bonds. The third-order valence-corrected chi connectivity index (χ3v) is 5.96. The number of carbonyl (C=O) groups is 1. The molecule has 1 aliphatic carbocycles. The fraction of sp³-hybridized carbons (Fsp3) is 0.350. The van der Waals surface area contributed by atoms with Gasteiger partial charge in [0.1, 0.15) is 16.9 Å². The van der Waals surface area contributed by atoms with Crippen molar-refractivity contribution in [1.82, 2.24) is 4.98 Å². The number of benzene rings is 1. The number of hydrogen-bond acceptors (Lipinski definition) is 4. The van der Waals surface area contributed by atoms with Gasteiger partial charge in [0.2, 0.25) is 5.91 Å². The number of hydrogen-bond donors (Lipinski definition) is 1. The van der Waals surface area contributed by atoms with Crippen molar-refractivity contribution in [2.45, 2.75) is 49.8 Å². The predicted octanol–water partition coefficient (Wildman–Crippen LogP) is 4.40. The number of thioether (sulfide) groups is 1. The first kappa shape index (κ1) is 18.4. The van der Waals surface area contributed by atoms with Crippen LogP contribution in [-0.4, -0.2) is 16.1 Å². The molecule has 0 spiro atoms. The molecule has 1 atom stereocenters. The monoisotopic (exact) mass is 369 g/mol. The van der Waals surface area contributed by atoms with Gasteiger partial charge < -0.3 is 5.32 Å². The minimum atomic E-state index is -0.376. The van der Waals surface area contributed by atoms with E-state index in [1.54, 1.807) is 0 Å². The van der Waals surface area contributed by atoms with Crippen molar-refractivity contribution in [2.24, 2.45) is 0 Å². The van der Waals surface area contributed by atoms with Crippen LogP contribution < -0.4 is 5.32 Å². The quantitative estimate of drug-likeness (QED) is 0.794. The summed E-state index contributed by atoms with van der Waals surface area (Å²) >= 11 is 1.33. The fourth-order valence-electron chi connectivity index (χ4n) is 3.17. The minimum absolute atomic E-state index is 0.173. The van der Waals surface area contributed by atoms with Gasteiger partial charge in [-0.25, -0.2) is 9.37 Å². The summed E-state index contributed by atoms with van der Waals surface area (Å²) < 4.78 is 13.0. The molecule has 0 aliphatic heterocycles. The number of anilines is 1. The lowest BCUT2D eigenvalue weighted by atomic mass is 10.0. The molecule has 0 fully saturated rings. The average molecular weight is 369 g/mol. The molecule has 1 N–H and O–H groups in total. The van der Waals surface area contributed by atoms with Gasteiger partial charge in [0.05, 0.1) is 10.8 Å². The Kier molecular flexibility index (Phi) is 5.58. The molecule has 6 heteroatoms. The molecule has 1 unspecified atom stereocenters. The van der Waals surface area contributed by atoms with Crippen LogP contribution >= 0.6 is 11.8 Å². The van der Waals surface area contributed by atoms with Gasteiger partial charge in [-0.3, -0.25) is 4.79 Å². The number of amides is 1. The first-order chi connectivity index (χ1) is 12.5. The summed E-state index contributed by atoms with van der Waals surface area (Å²) in [7, 11) is 0. The van der Waals surface area contributed by atoms with E-state index in [1.165, 1.54) is 41.6 Å². The Bertz CT molecular complexity index is 874. The van der Waals surface area contributed by atoms with Crippen molar-refractivity contribution in [2.75, 3.05) is 5.32 Å². The Morgan fingerprint density at radius 1 is 1.38 bits per heavy atom. The lowest BCUT2D eigenvalue weighted by Gasteiger charge is -2.17. The number of halogens is 1. The summed E-state index contributed by atoms with van der Waals surface area (Å²) in [5.41, 5.74) is 4.36. The van der Waals surface area contributed by atoms with Crippen LogP contribution in [0, 0.1) is 24.1 Å². The Labute approximate surface area is 156 Å². The summed E-state index contributed by atoms with van der Waals surface area (Å²) in [5, 5.41) is 12.6. The third kappa shape index (κ3) is 3.73. The predicted molar refractivity (Wildman–Crippen MR) is 101 cm³/mol. The normalized spacial score (nSPS) is 13.8. The second-order valence-corrected chi connectivity index (χ2v) is 7.51. The Morgan fingerprint density at radius 3 is 2.77 bits per heavy atom. The highest BCUT2D eigenvalue weighted by molar-refractivity contribution is 8.00. The summed E-state index contributed by atoms with van der Waals surface area (Å²) in [4.78, 5) is 17.3. The lowest BCUT2D eigenvalue weighted by Crippen LogP contribution is -2.25. The van der Waals surface area contributed by atoms with Crippen LogP contribution in [-0.2, 0) is 17.6 Å². The smallest absolute Gasteiger partial charge is 0.237 e. The molecular weight excluding hydrogens is 349 g/mol. The van der Waals surface area contributed by atoms with Crippen LogP contribution in [0.4, 0.5) is 10.1 Å². The zero-order valence-electron chi connectivity index (χ0n) is 14.8. The van der Waals surface area contributed by atoms with E-state index in [4.69, 9.17) is 0 Å². The number of aromatic nitrogens is 1. The van der Waals surface area contributed by atoms with E-state index < -0.39 is 0 Å². The maximum atomic E-state index is 13.0. The van der Waals surface area contributed by atoms with Crippen LogP contribution in [0.5, 0.6) is 0 Å². The lowest BCUT2D eigenvalue weighted by molar-refractivity contribution is -0.115. The number of rotatable bonds is 5. The molecule has 2 aromatic rings. The molecule has 0 saturated carbocycles. The SMILES string of the molecule is CCC(Sc1nc2c(c(C)c1C#N)CCC2)C(=O)Nc1ccc(F)cc1. The molecule has 1 aromatic carbocycles.